The number of aliphatic hydroxyl groups excluding tert-OH is 1. The van der Waals surface area contributed by atoms with E-state index in [0.717, 1.165) is 0 Å². The van der Waals surface area contributed by atoms with Crippen LogP contribution in [0.5, 0.6) is 0 Å². The second kappa shape index (κ2) is 7.87. The van der Waals surface area contributed by atoms with Crippen LogP contribution in [0, 0.1) is 11.3 Å². The van der Waals surface area contributed by atoms with Crippen molar-refractivity contribution in [2.75, 3.05) is 6.79 Å². The van der Waals surface area contributed by atoms with Crippen molar-refractivity contribution in [3.05, 3.63) is 40.0 Å². The van der Waals surface area contributed by atoms with Crippen LogP contribution in [0.2, 0.25) is 0 Å². The van der Waals surface area contributed by atoms with Crippen LogP contribution in [-0.4, -0.2) is 51.4 Å². The Hall–Kier alpha value is -3.40. The van der Waals surface area contributed by atoms with Crippen molar-refractivity contribution >= 4 is 34.5 Å². The van der Waals surface area contributed by atoms with Crippen LogP contribution in [0.1, 0.15) is 39.7 Å². The van der Waals surface area contributed by atoms with Crippen molar-refractivity contribution in [2.45, 2.75) is 46.3 Å². The first kappa shape index (κ1) is 22.8. The summed E-state index contributed by atoms with van der Waals surface area (Å²) in [4.78, 5) is 50.8. The molecule has 0 radical (unpaired) electrons. The van der Waals surface area contributed by atoms with Crippen LogP contribution in [0.25, 0.3) is 16.7 Å². The summed E-state index contributed by atoms with van der Waals surface area (Å²) in [6.07, 6.45) is -0.562. The number of rotatable bonds is 5. The molecule has 1 aromatic heterocycles. The molecule has 0 bridgehead atoms. The highest BCUT2D eigenvalue weighted by atomic mass is 16.7. The van der Waals surface area contributed by atoms with Crippen molar-refractivity contribution in [1.29, 1.82) is 0 Å². The van der Waals surface area contributed by atoms with E-state index in [-0.39, 0.29) is 11.6 Å². The molecule has 0 unspecified atom stereocenters. The number of carbonyl (C=O) groups is 3. The lowest BCUT2D eigenvalue weighted by atomic mass is 9.82. The lowest BCUT2D eigenvalue weighted by molar-refractivity contribution is -0.175. The Balaban J connectivity index is 1.67. The minimum atomic E-state index is -0.877. The molecule has 176 valence electrons. The van der Waals surface area contributed by atoms with E-state index in [0.29, 0.717) is 28.7 Å². The summed E-state index contributed by atoms with van der Waals surface area (Å²) >= 11 is 0. The van der Waals surface area contributed by atoms with Crippen LogP contribution < -0.4 is 5.76 Å². The standard InChI is InChI=1S/C23H26N2O8/c1-11(26)17-15-9-13(12-6-7-14-16(8-12)33-22(30)24(14)5)18(25(15)19(17)27)20(28)31-10-32-21(29)23(2,3)4/h6-8,11,15,17,26H,9-10H2,1-5H3/t11-,15-,17-/m1/s1. The molecule has 1 fully saturated rings. The molecule has 2 aliphatic rings. The molecule has 1 N–H and O–H groups in total. The molecule has 3 atom stereocenters. The smallest absolute Gasteiger partial charge is 0.419 e. The quantitative estimate of drug-likeness (QED) is 0.406. The molecule has 0 aliphatic carbocycles. The number of benzene rings is 1. The second-order valence-corrected chi connectivity index (χ2v) is 9.41. The highest BCUT2D eigenvalue weighted by Gasteiger charge is 2.57. The van der Waals surface area contributed by atoms with Crippen LogP contribution in [0.3, 0.4) is 0 Å². The monoisotopic (exact) mass is 458 g/mol. The number of hydrogen-bond donors (Lipinski definition) is 1. The Bertz CT molecular complexity index is 1240. The van der Waals surface area contributed by atoms with Crippen molar-refractivity contribution in [2.24, 2.45) is 18.4 Å². The minimum Gasteiger partial charge on any atom is -0.427 e. The fourth-order valence-corrected chi connectivity index (χ4v) is 4.26. The topological polar surface area (TPSA) is 128 Å². The van der Waals surface area contributed by atoms with Gasteiger partial charge in [-0.3, -0.25) is 14.2 Å². The Morgan fingerprint density at radius 3 is 2.58 bits per heavy atom. The molecule has 3 heterocycles. The number of aliphatic hydroxyl groups is 1. The minimum absolute atomic E-state index is 0.0336. The number of ether oxygens (including phenoxy) is 2. The molecule has 0 saturated carbocycles. The largest absolute Gasteiger partial charge is 0.427 e. The molecule has 1 aromatic carbocycles. The average molecular weight is 458 g/mol. The van der Waals surface area contributed by atoms with Gasteiger partial charge in [-0.2, -0.15) is 0 Å². The predicted octanol–water partition coefficient (Wildman–Crippen LogP) is 1.54. The molecular weight excluding hydrogens is 432 g/mol. The van der Waals surface area contributed by atoms with Gasteiger partial charge in [-0.1, -0.05) is 6.07 Å². The lowest BCUT2D eigenvalue weighted by Gasteiger charge is -2.44. The zero-order chi connectivity index (χ0) is 24.2. The van der Waals surface area contributed by atoms with Gasteiger partial charge < -0.3 is 23.9 Å². The van der Waals surface area contributed by atoms with Crippen LogP contribution >= 0.6 is 0 Å². The number of carbonyl (C=O) groups excluding carboxylic acids is 3. The molecule has 2 aliphatic heterocycles. The number of hydrogen-bond acceptors (Lipinski definition) is 8. The third kappa shape index (κ3) is 3.74. The maximum Gasteiger partial charge on any atom is 0.419 e. The molecule has 2 aromatic rings. The van der Waals surface area contributed by atoms with E-state index in [2.05, 4.69) is 0 Å². The van der Waals surface area contributed by atoms with E-state index in [9.17, 15) is 24.3 Å². The maximum absolute atomic E-state index is 13.0. The van der Waals surface area contributed by atoms with E-state index in [1.54, 1.807) is 46.0 Å². The van der Waals surface area contributed by atoms with Gasteiger partial charge in [-0.25, -0.2) is 9.59 Å². The fourth-order valence-electron chi connectivity index (χ4n) is 4.26. The van der Waals surface area contributed by atoms with Gasteiger partial charge in [-0.05, 0) is 57.4 Å². The summed E-state index contributed by atoms with van der Waals surface area (Å²) in [5, 5.41) is 10.0. The summed E-state index contributed by atoms with van der Waals surface area (Å²) in [5.74, 6) is -2.89. The van der Waals surface area contributed by atoms with E-state index in [1.807, 2.05) is 0 Å². The van der Waals surface area contributed by atoms with E-state index >= 15 is 0 Å². The van der Waals surface area contributed by atoms with Gasteiger partial charge in [0.2, 0.25) is 12.7 Å². The Morgan fingerprint density at radius 1 is 1.24 bits per heavy atom. The molecule has 4 rings (SSSR count). The normalized spacial score (nSPS) is 21.2. The highest BCUT2D eigenvalue weighted by molar-refractivity contribution is 6.07. The third-order valence-electron chi connectivity index (χ3n) is 6.06. The van der Waals surface area contributed by atoms with Crippen molar-refractivity contribution in [1.82, 2.24) is 9.47 Å². The summed E-state index contributed by atoms with van der Waals surface area (Å²) in [7, 11) is 1.59. The first-order valence-electron chi connectivity index (χ1n) is 10.6. The molecule has 10 nitrogen and oxygen atoms in total. The van der Waals surface area contributed by atoms with Gasteiger partial charge in [0.25, 0.3) is 0 Å². The fraction of sp³-hybridized carbons (Fsp3) is 0.478. The Kier molecular flexibility index (Phi) is 5.44. The molecule has 33 heavy (non-hydrogen) atoms. The molecular formula is C23H26N2O8. The van der Waals surface area contributed by atoms with Crippen molar-refractivity contribution in [3.8, 4) is 0 Å². The van der Waals surface area contributed by atoms with E-state index in [4.69, 9.17) is 13.9 Å². The molecule has 10 heteroatoms. The second-order valence-electron chi connectivity index (χ2n) is 9.41. The molecule has 1 saturated heterocycles. The Morgan fingerprint density at radius 2 is 1.94 bits per heavy atom. The predicted molar refractivity (Wildman–Crippen MR) is 115 cm³/mol. The van der Waals surface area contributed by atoms with Gasteiger partial charge in [-0.15, -0.1) is 0 Å². The van der Waals surface area contributed by atoms with Gasteiger partial charge in [0.15, 0.2) is 5.58 Å². The summed E-state index contributed by atoms with van der Waals surface area (Å²) < 4.78 is 16.8. The van der Waals surface area contributed by atoms with Gasteiger partial charge in [0, 0.05) is 7.05 Å². The number of aromatic nitrogens is 1. The van der Waals surface area contributed by atoms with Crippen LogP contribution in [-0.2, 0) is 30.9 Å². The summed E-state index contributed by atoms with van der Waals surface area (Å²) in [6, 6.07) is 4.66. The van der Waals surface area contributed by atoms with E-state index in [1.165, 1.54) is 16.4 Å². The van der Waals surface area contributed by atoms with Crippen LogP contribution in [0.4, 0.5) is 0 Å². The number of aryl methyl sites for hydroxylation is 1. The number of nitrogens with zero attached hydrogens (tertiary/aromatic N) is 2. The lowest BCUT2D eigenvalue weighted by Crippen LogP contribution is -2.61. The molecule has 0 spiro atoms. The average Bonchev–Trinajstić information content (AvgIpc) is 3.21. The number of esters is 2. The zero-order valence-electron chi connectivity index (χ0n) is 19.1. The van der Waals surface area contributed by atoms with Crippen LogP contribution in [0.15, 0.2) is 33.1 Å². The number of oxazole rings is 1. The number of amides is 1. The molecule has 1 amide bonds. The van der Waals surface area contributed by atoms with Crippen molar-refractivity contribution in [3.63, 3.8) is 0 Å². The summed E-state index contributed by atoms with van der Waals surface area (Å²) in [6.45, 7) is 5.96. The maximum atomic E-state index is 13.0. The number of fused-ring (bicyclic) bond motifs is 2. The number of β-lactam (4-membered cyclic amide) rings is 1. The highest BCUT2D eigenvalue weighted by Crippen LogP contribution is 2.47. The van der Waals surface area contributed by atoms with E-state index < -0.39 is 48.0 Å². The van der Waals surface area contributed by atoms with Gasteiger partial charge >= 0.3 is 17.7 Å². The SMILES string of the molecule is C[C@@H](O)[C@H]1C(=O)N2C(C(=O)OCOC(=O)C(C)(C)C)=C(c3ccc4c(c3)oc(=O)n4C)C[C@H]12. The Labute approximate surface area is 189 Å². The third-order valence-corrected chi connectivity index (χ3v) is 6.06. The first-order chi connectivity index (χ1) is 15.4. The first-order valence-corrected chi connectivity index (χ1v) is 10.6. The zero-order valence-corrected chi connectivity index (χ0v) is 19.1. The van der Waals surface area contributed by atoms with Gasteiger partial charge in [0.05, 0.1) is 29.0 Å². The van der Waals surface area contributed by atoms with Crippen molar-refractivity contribution < 1.29 is 33.4 Å². The summed E-state index contributed by atoms with van der Waals surface area (Å²) in [5.41, 5.74) is 1.31. The van der Waals surface area contributed by atoms with Gasteiger partial charge in [0.1, 0.15) is 5.70 Å².